The monoisotopic (exact) mass is 191 g/mol. The minimum Gasteiger partial charge on any atom is -0.394 e. The third-order valence-corrected chi connectivity index (χ3v) is 1.53. The summed E-state index contributed by atoms with van der Waals surface area (Å²) in [6, 6.07) is 0. The third-order valence-electron chi connectivity index (χ3n) is 1.53. The van der Waals surface area contributed by atoms with Crippen molar-refractivity contribution >= 4 is 5.91 Å². The van der Waals surface area contributed by atoms with Crippen molar-refractivity contribution in [3.05, 3.63) is 0 Å². The van der Waals surface area contributed by atoms with Crippen molar-refractivity contribution in [2.45, 2.75) is 32.0 Å². The van der Waals surface area contributed by atoms with Crippen molar-refractivity contribution in [1.29, 1.82) is 0 Å². The van der Waals surface area contributed by atoms with Crippen molar-refractivity contribution in [3.63, 3.8) is 0 Å². The summed E-state index contributed by atoms with van der Waals surface area (Å²) in [6.45, 7) is 1.29. The summed E-state index contributed by atoms with van der Waals surface area (Å²) >= 11 is 0. The van der Waals surface area contributed by atoms with Gasteiger partial charge in [0.05, 0.1) is 18.8 Å². The van der Waals surface area contributed by atoms with Crippen LogP contribution in [-0.2, 0) is 4.79 Å². The fourth-order valence-electron chi connectivity index (χ4n) is 0.725. The van der Waals surface area contributed by atoms with Gasteiger partial charge in [-0.3, -0.25) is 4.79 Å². The van der Waals surface area contributed by atoms with E-state index in [1.807, 2.05) is 0 Å². The number of hydrogen-bond acceptors (Lipinski definition) is 4. The third kappa shape index (κ3) is 7.70. The predicted molar refractivity (Wildman–Crippen MR) is 47.0 cm³/mol. The lowest BCUT2D eigenvalue weighted by Gasteiger charge is -2.09. The molecule has 0 saturated heterocycles. The first kappa shape index (κ1) is 12.3. The van der Waals surface area contributed by atoms with Crippen LogP contribution in [0.5, 0.6) is 0 Å². The average molecular weight is 191 g/mol. The van der Waals surface area contributed by atoms with E-state index in [0.717, 1.165) is 0 Å². The second-order valence-electron chi connectivity index (χ2n) is 3.03. The molecule has 0 aromatic heterocycles. The minimum absolute atomic E-state index is 0.0507. The molecule has 0 aliphatic heterocycles. The van der Waals surface area contributed by atoms with Crippen LogP contribution in [0.15, 0.2) is 0 Å². The van der Waals surface area contributed by atoms with Gasteiger partial charge < -0.3 is 20.6 Å². The van der Waals surface area contributed by atoms with Gasteiger partial charge in [0.15, 0.2) is 0 Å². The first-order valence-electron chi connectivity index (χ1n) is 4.30. The van der Waals surface area contributed by atoms with Crippen LogP contribution in [-0.4, -0.2) is 46.6 Å². The van der Waals surface area contributed by atoms with Gasteiger partial charge in [-0.05, 0) is 13.3 Å². The normalized spacial score (nSPS) is 15.1. The fraction of sp³-hybridized carbons (Fsp3) is 0.875. The van der Waals surface area contributed by atoms with Crippen LogP contribution in [0, 0.1) is 0 Å². The fourth-order valence-corrected chi connectivity index (χ4v) is 0.725. The molecule has 0 rings (SSSR count). The van der Waals surface area contributed by atoms with E-state index in [0.29, 0.717) is 6.42 Å². The van der Waals surface area contributed by atoms with Crippen LogP contribution in [0.25, 0.3) is 0 Å². The number of carbonyl (C=O) groups is 1. The van der Waals surface area contributed by atoms with Gasteiger partial charge in [0.2, 0.25) is 5.91 Å². The smallest absolute Gasteiger partial charge is 0.220 e. The van der Waals surface area contributed by atoms with Crippen LogP contribution in [0.2, 0.25) is 0 Å². The molecular weight excluding hydrogens is 174 g/mol. The summed E-state index contributed by atoms with van der Waals surface area (Å²) in [7, 11) is 0. The molecule has 0 spiro atoms. The van der Waals surface area contributed by atoms with Crippen molar-refractivity contribution in [2.75, 3.05) is 13.2 Å². The summed E-state index contributed by atoms with van der Waals surface area (Å²) < 4.78 is 0. The molecule has 13 heavy (non-hydrogen) atoms. The Hall–Kier alpha value is -0.650. The topological polar surface area (TPSA) is 89.8 Å². The van der Waals surface area contributed by atoms with E-state index >= 15 is 0 Å². The zero-order valence-electron chi connectivity index (χ0n) is 7.73. The Morgan fingerprint density at radius 1 is 1.46 bits per heavy atom. The SMILES string of the molecule is CC(O)CCC(=O)NCC(O)CO. The molecule has 1 amide bonds. The van der Waals surface area contributed by atoms with Crippen LogP contribution < -0.4 is 5.32 Å². The van der Waals surface area contributed by atoms with E-state index in [-0.39, 0.29) is 25.5 Å². The highest BCUT2D eigenvalue weighted by Crippen LogP contribution is 1.94. The Bertz CT molecular complexity index is 149. The lowest BCUT2D eigenvalue weighted by atomic mass is 10.2. The second kappa shape index (κ2) is 6.82. The maximum atomic E-state index is 11.0. The van der Waals surface area contributed by atoms with E-state index in [1.165, 1.54) is 0 Å². The Kier molecular flexibility index (Phi) is 6.48. The zero-order chi connectivity index (χ0) is 10.3. The number of nitrogens with one attached hydrogen (secondary N) is 1. The van der Waals surface area contributed by atoms with E-state index < -0.39 is 12.2 Å². The number of hydrogen-bond donors (Lipinski definition) is 4. The molecule has 0 aliphatic carbocycles. The van der Waals surface area contributed by atoms with E-state index in [1.54, 1.807) is 6.92 Å². The van der Waals surface area contributed by atoms with Gasteiger partial charge in [0.1, 0.15) is 0 Å². The molecule has 0 saturated carbocycles. The molecule has 0 fully saturated rings. The van der Waals surface area contributed by atoms with E-state index in [4.69, 9.17) is 15.3 Å². The molecule has 4 N–H and O–H groups in total. The van der Waals surface area contributed by atoms with Gasteiger partial charge in [0, 0.05) is 13.0 Å². The number of carbonyl (C=O) groups excluding carboxylic acids is 1. The molecule has 5 nitrogen and oxygen atoms in total. The van der Waals surface area contributed by atoms with Gasteiger partial charge in [-0.15, -0.1) is 0 Å². The molecule has 0 aromatic carbocycles. The van der Waals surface area contributed by atoms with Crippen molar-refractivity contribution in [1.82, 2.24) is 5.32 Å². The first-order chi connectivity index (χ1) is 6.06. The molecule has 0 radical (unpaired) electrons. The number of aliphatic hydroxyl groups excluding tert-OH is 3. The number of rotatable bonds is 6. The van der Waals surface area contributed by atoms with Gasteiger partial charge in [0.25, 0.3) is 0 Å². The molecule has 0 aromatic rings. The summed E-state index contributed by atoms with van der Waals surface area (Å²) in [5, 5.41) is 28.6. The maximum Gasteiger partial charge on any atom is 0.220 e. The Morgan fingerprint density at radius 3 is 2.54 bits per heavy atom. The van der Waals surface area contributed by atoms with Gasteiger partial charge in [-0.25, -0.2) is 0 Å². The van der Waals surface area contributed by atoms with Gasteiger partial charge in [-0.1, -0.05) is 0 Å². The summed E-state index contributed by atoms with van der Waals surface area (Å²) in [6.07, 6.45) is -0.763. The van der Waals surface area contributed by atoms with Crippen molar-refractivity contribution in [3.8, 4) is 0 Å². The van der Waals surface area contributed by atoms with Crippen LogP contribution in [0.1, 0.15) is 19.8 Å². The molecule has 0 heterocycles. The standard InChI is InChI=1S/C8H17NO4/c1-6(11)2-3-8(13)9-4-7(12)5-10/h6-7,10-12H,2-5H2,1H3,(H,9,13). The first-order valence-corrected chi connectivity index (χ1v) is 4.30. The molecule has 2 atom stereocenters. The Balaban J connectivity index is 3.40. The Morgan fingerprint density at radius 2 is 2.08 bits per heavy atom. The largest absolute Gasteiger partial charge is 0.394 e. The summed E-state index contributed by atoms with van der Waals surface area (Å²) in [5.74, 6) is -0.228. The maximum absolute atomic E-state index is 11.0. The zero-order valence-corrected chi connectivity index (χ0v) is 7.73. The van der Waals surface area contributed by atoms with Crippen LogP contribution in [0.4, 0.5) is 0 Å². The molecule has 5 heteroatoms. The molecule has 0 aliphatic rings. The minimum atomic E-state index is -0.907. The van der Waals surface area contributed by atoms with Crippen molar-refractivity contribution in [2.24, 2.45) is 0 Å². The van der Waals surface area contributed by atoms with Crippen LogP contribution >= 0.6 is 0 Å². The quantitative estimate of drug-likeness (QED) is 0.416. The van der Waals surface area contributed by atoms with Crippen molar-refractivity contribution < 1.29 is 20.1 Å². The molecule has 78 valence electrons. The number of amides is 1. The highest BCUT2D eigenvalue weighted by molar-refractivity contribution is 5.75. The lowest BCUT2D eigenvalue weighted by molar-refractivity contribution is -0.122. The molecule has 2 unspecified atom stereocenters. The average Bonchev–Trinajstić information content (AvgIpc) is 2.10. The summed E-state index contributed by atoms with van der Waals surface area (Å²) in [5.41, 5.74) is 0. The highest BCUT2D eigenvalue weighted by atomic mass is 16.3. The molecule has 0 bridgehead atoms. The van der Waals surface area contributed by atoms with Gasteiger partial charge >= 0.3 is 0 Å². The second-order valence-corrected chi connectivity index (χ2v) is 3.03. The highest BCUT2D eigenvalue weighted by Gasteiger charge is 2.06. The number of aliphatic hydroxyl groups is 3. The van der Waals surface area contributed by atoms with Crippen LogP contribution in [0.3, 0.4) is 0 Å². The van der Waals surface area contributed by atoms with E-state index in [2.05, 4.69) is 5.32 Å². The van der Waals surface area contributed by atoms with E-state index in [9.17, 15) is 4.79 Å². The predicted octanol–water partition coefficient (Wildman–Crippen LogP) is -1.38. The molecular formula is C8H17NO4. The summed E-state index contributed by atoms with van der Waals surface area (Å²) in [4.78, 5) is 11.0. The Labute approximate surface area is 77.4 Å². The van der Waals surface area contributed by atoms with Gasteiger partial charge in [-0.2, -0.15) is 0 Å². The lowest BCUT2D eigenvalue weighted by Crippen LogP contribution is -2.34.